The van der Waals surface area contributed by atoms with Crippen molar-refractivity contribution in [2.75, 3.05) is 0 Å². The SMILES string of the molecule is CC(C)Sc1nc2ccccc2c(=O)n1-c1cccc(C(F)(F)F)c1. The first-order valence-electron chi connectivity index (χ1n) is 7.63. The van der Waals surface area contributed by atoms with Crippen LogP contribution in [0.5, 0.6) is 0 Å². The summed E-state index contributed by atoms with van der Waals surface area (Å²) in [5.74, 6) is 0. The highest BCUT2D eigenvalue weighted by molar-refractivity contribution is 7.99. The summed E-state index contributed by atoms with van der Waals surface area (Å²) in [5.41, 5.74) is -0.501. The van der Waals surface area contributed by atoms with Crippen LogP contribution >= 0.6 is 11.8 Å². The first-order valence-corrected chi connectivity index (χ1v) is 8.51. The van der Waals surface area contributed by atoms with Gasteiger partial charge in [0.15, 0.2) is 5.16 Å². The molecule has 0 radical (unpaired) electrons. The maximum absolute atomic E-state index is 13.0. The van der Waals surface area contributed by atoms with Crippen molar-refractivity contribution < 1.29 is 13.2 Å². The standard InChI is InChI=1S/C18H15F3N2OS/c1-11(2)25-17-22-15-9-4-3-8-14(15)16(24)23(17)13-7-5-6-12(10-13)18(19,20)21/h3-11H,1-2H3. The van der Waals surface area contributed by atoms with Crippen molar-refractivity contribution in [3.05, 3.63) is 64.4 Å². The van der Waals surface area contributed by atoms with Crippen molar-refractivity contribution in [2.24, 2.45) is 0 Å². The molecule has 0 aliphatic rings. The zero-order valence-corrected chi connectivity index (χ0v) is 14.4. The molecule has 0 N–H and O–H groups in total. The van der Waals surface area contributed by atoms with E-state index in [0.29, 0.717) is 16.1 Å². The normalized spacial score (nSPS) is 12.1. The zero-order valence-electron chi connectivity index (χ0n) is 13.5. The third-order valence-electron chi connectivity index (χ3n) is 3.52. The average molecular weight is 364 g/mol. The Balaban J connectivity index is 2.31. The molecule has 0 aliphatic carbocycles. The summed E-state index contributed by atoms with van der Waals surface area (Å²) < 4.78 is 40.4. The third kappa shape index (κ3) is 3.56. The first kappa shape index (κ1) is 17.5. The molecule has 0 aliphatic heterocycles. The van der Waals surface area contributed by atoms with Gasteiger partial charge in [0.25, 0.3) is 5.56 Å². The zero-order chi connectivity index (χ0) is 18.2. The van der Waals surface area contributed by atoms with E-state index in [9.17, 15) is 18.0 Å². The minimum Gasteiger partial charge on any atom is -0.268 e. The molecule has 0 bridgehead atoms. The van der Waals surface area contributed by atoms with Crippen LogP contribution in [0.25, 0.3) is 16.6 Å². The molecular weight excluding hydrogens is 349 g/mol. The number of benzene rings is 2. The topological polar surface area (TPSA) is 34.9 Å². The van der Waals surface area contributed by atoms with E-state index in [1.54, 1.807) is 24.3 Å². The van der Waals surface area contributed by atoms with Crippen LogP contribution in [0.15, 0.2) is 58.5 Å². The first-order chi connectivity index (χ1) is 11.8. The largest absolute Gasteiger partial charge is 0.416 e. The second kappa shape index (κ2) is 6.55. The summed E-state index contributed by atoms with van der Waals surface area (Å²) >= 11 is 1.33. The Hall–Kier alpha value is -2.28. The van der Waals surface area contributed by atoms with Gasteiger partial charge < -0.3 is 0 Å². The number of thioether (sulfide) groups is 1. The minimum atomic E-state index is -4.48. The summed E-state index contributed by atoms with van der Waals surface area (Å²) in [5, 5.41) is 0.858. The van der Waals surface area contributed by atoms with Crippen LogP contribution in [0, 0.1) is 0 Å². The van der Waals surface area contributed by atoms with Crippen molar-refractivity contribution >= 4 is 22.7 Å². The van der Waals surface area contributed by atoms with E-state index in [0.717, 1.165) is 12.1 Å². The summed E-state index contributed by atoms with van der Waals surface area (Å²) in [6.45, 7) is 3.87. The van der Waals surface area contributed by atoms with Crippen molar-refractivity contribution in [1.29, 1.82) is 0 Å². The minimum absolute atomic E-state index is 0.116. The molecule has 0 unspecified atom stereocenters. The smallest absolute Gasteiger partial charge is 0.268 e. The lowest BCUT2D eigenvalue weighted by molar-refractivity contribution is -0.137. The quantitative estimate of drug-likeness (QED) is 0.489. The Labute approximate surface area is 146 Å². The van der Waals surface area contributed by atoms with Crippen molar-refractivity contribution in [2.45, 2.75) is 30.4 Å². The van der Waals surface area contributed by atoms with Crippen LogP contribution < -0.4 is 5.56 Å². The van der Waals surface area contributed by atoms with E-state index in [4.69, 9.17) is 0 Å². The summed E-state index contributed by atoms with van der Waals surface area (Å²) in [6, 6.07) is 11.6. The number of rotatable bonds is 3. The maximum atomic E-state index is 13.0. The maximum Gasteiger partial charge on any atom is 0.416 e. The Morgan fingerprint density at radius 1 is 1.08 bits per heavy atom. The predicted octanol–water partition coefficient (Wildman–Crippen LogP) is 4.91. The number of halogens is 3. The lowest BCUT2D eigenvalue weighted by Gasteiger charge is -2.16. The van der Waals surface area contributed by atoms with E-state index in [-0.39, 0.29) is 16.5 Å². The molecule has 1 aromatic heterocycles. The second-order valence-electron chi connectivity index (χ2n) is 5.77. The molecule has 2 aromatic carbocycles. The molecule has 7 heteroatoms. The summed E-state index contributed by atoms with van der Waals surface area (Å²) in [6.07, 6.45) is -4.48. The van der Waals surface area contributed by atoms with Gasteiger partial charge in [0.2, 0.25) is 0 Å². The van der Waals surface area contributed by atoms with Crippen LogP contribution in [-0.2, 0) is 6.18 Å². The fourth-order valence-electron chi connectivity index (χ4n) is 2.45. The van der Waals surface area contributed by atoms with Gasteiger partial charge in [-0.15, -0.1) is 0 Å². The van der Waals surface area contributed by atoms with E-state index >= 15 is 0 Å². The van der Waals surface area contributed by atoms with Gasteiger partial charge in [0, 0.05) is 5.25 Å². The molecule has 0 saturated heterocycles. The van der Waals surface area contributed by atoms with Crippen LogP contribution in [0.3, 0.4) is 0 Å². The molecule has 0 fully saturated rings. The molecular formula is C18H15F3N2OS. The highest BCUT2D eigenvalue weighted by Crippen LogP contribution is 2.31. The van der Waals surface area contributed by atoms with Gasteiger partial charge in [-0.2, -0.15) is 13.2 Å². The molecule has 3 nitrogen and oxygen atoms in total. The monoisotopic (exact) mass is 364 g/mol. The fraction of sp³-hybridized carbons (Fsp3) is 0.222. The van der Waals surface area contributed by atoms with Crippen LogP contribution in [-0.4, -0.2) is 14.8 Å². The van der Waals surface area contributed by atoms with Crippen LogP contribution in [0.2, 0.25) is 0 Å². The lowest BCUT2D eigenvalue weighted by Crippen LogP contribution is -2.22. The number of fused-ring (bicyclic) bond motifs is 1. The highest BCUT2D eigenvalue weighted by Gasteiger charge is 2.30. The Morgan fingerprint density at radius 3 is 2.48 bits per heavy atom. The van der Waals surface area contributed by atoms with Gasteiger partial charge in [-0.25, -0.2) is 4.98 Å². The van der Waals surface area contributed by atoms with E-state index in [2.05, 4.69) is 4.98 Å². The fourth-order valence-corrected chi connectivity index (χ4v) is 3.32. The Bertz CT molecular complexity index is 980. The van der Waals surface area contributed by atoms with E-state index in [1.807, 2.05) is 13.8 Å². The average Bonchev–Trinajstić information content (AvgIpc) is 2.54. The van der Waals surface area contributed by atoms with Gasteiger partial charge in [0.1, 0.15) is 0 Å². The molecule has 3 aromatic rings. The Kier molecular flexibility index (Phi) is 4.60. The summed E-state index contributed by atoms with van der Waals surface area (Å²) in [7, 11) is 0. The lowest BCUT2D eigenvalue weighted by atomic mass is 10.2. The predicted molar refractivity (Wildman–Crippen MR) is 93.3 cm³/mol. The number of para-hydroxylation sites is 1. The van der Waals surface area contributed by atoms with Crippen molar-refractivity contribution in [3.8, 4) is 5.69 Å². The number of aromatic nitrogens is 2. The second-order valence-corrected chi connectivity index (χ2v) is 7.31. The van der Waals surface area contributed by atoms with Crippen LogP contribution in [0.1, 0.15) is 19.4 Å². The molecule has 0 spiro atoms. The number of hydrogen-bond acceptors (Lipinski definition) is 3. The number of hydrogen-bond donors (Lipinski definition) is 0. The summed E-state index contributed by atoms with van der Waals surface area (Å²) in [4.78, 5) is 17.4. The number of nitrogens with zero attached hydrogens (tertiary/aromatic N) is 2. The van der Waals surface area contributed by atoms with Gasteiger partial charge in [-0.05, 0) is 30.3 Å². The van der Waals surface area contributed by atoms with Gasteiger partial charge >= 0.3 is 6.18 Å². The molecule has 25 heavy (non-hydrogen) atoms. The Morgan fingerprint density at radius 2 is 1.80 bits per heavy atom. The number of alkyl halides is 3. The molecule has 0 saturated carbocycles. The van der Waals surface area contributed by atoms with Crippen molar-refractivity contribution in [3.63, 3.8) is 0 Å². The van der Waals surface area contributed by atoms with Crippen molar-refractivity contribution in [1.82, 2.24) is 9.55 Å². The molecule has 0 amide bonds. The van der Waals surface area contributed by atoms with Gasteiger partial charge in [0.05, 0.1) is 22.2 Å². The highest BCUT2D eigenvalue weighted by atomic mass is 32.2. The molecule has 1 heterocycles. The van der Waals surface area contributed by atoms with Crippen LogP contribution in [0.4, 0.5) is 13.2 Å². The third-order valence-corrected chi connectivity index (χ3v) is 4.47. The molecule has 130 valence electrons. The van der Waals surface area contributed by atoms with Gasteiger partial charge in [-0.3, -0.25) is 9.36 Å². The molecule has 3 rings (SSSR count). The van der Waals surface area contributed by atoms with E-state index in [1.165, 1.54) is 28.5 Å². The van der Waals surface area contributed by atoms with Gasteiger partial charge in [-0.1, -0.05) is 43.8 Å². The molecule has 0 atom stereocenters. The van der Waals surface area contributed by atoms with E-state index < -0.39 is 11.7 Å².